The third-order valence-electron chi connectivity index (χ3n) is 4.20. The van der Waals surface area contributed by atoms with Gasteiger partial charge in [0.2, 0.25) is 0 Å². The van der Waals surface area contributed by atoms with Crippen LogP contribution in [0.3, 0.4) is 0 Å². The summed E-state index contributed by atoms with van der Waals surface area (Å²) in [5, 5.41) is 0. The van der Waals surface area contributed by atoms with E-state index < -0.39 is 0 Å². The predicted octanol–water partition coefficient (Wildman–Crippen LogP) is 2.15. The maximum Gasteiger partial charge on any atom is 0.0702 e. The predicted molar refractivity (Wildman–Crippen MR) is 71.1 cm³/mol. The summed E-state index contributed by atoms with van der Waals surface area (Å²) in [5.41, 5.74) is 5.65. The highest BCUT2D eigenvalue weighted by Gasteiger charge is 2.25. The van der Waals surface area contributed by atoms with E-state index in [-0.39, 0.29) is 0 Å². The lowest BCUT2D eigenvalue weighted by atomic mass is 10.1. The zero-order valence-electron chi connectivity index (χ0n) is 11.1. The van der Waals surface area contributed by atoms with Gasteiger partial charge in [0, 0.05) is 19.2 Å². The largest absolute Gasteiger partial charge is 0.377 e. The Morgan fingerprint density at radius 3 is 2.47 bits per heavy atom. The van der Waals surface area contributed by atoms with Gasteiger partial charge >= 0.3 is 0 Å². The summed E-state index contributed by atoms with van der Waals surface area (Å²) in [6.45, 7) is 4.10. The molecule has 0 bridgehead atoms. The Balaban J connectivity index is 1.80. The van der Waals surface area contributed by atoms with Gasteiger partial charge in [0.15, 0.2) is 0 Å². The Bertz CT molecular complexity index is 198. The second-order valence-electron chi connectivity index (χ2n) is 5.56. The molecule has 2 fully saturated rings. The standard InChI is InChI=1S/C14H28N2O/c15-9-5-10-16(13-6-1-2-7-13)12-14-8-3-4-11-17-14/h13-14H,1-12,15H2. The zero-order chi connectivity index (χ0) is 11.9. The monoisotopic (exact) mass is 240 g/mol. The lowest BCUT2D eigenvalue weighted by Gasteiger charge is -2.33. The molecule has 0 spiro atoms. The quantitative estimate of drug-likeness (QED) is 0.773. The fraction of sp³-hybridized carbons (Fsp3) is 1.00. The molecule has 2 N–H and O–H groups in total. The van der Waals surface area contributed by atoms with Crippen molar-refractivity contribution in [3.63, 3.8) is 0 Å². The number of rotatable bonds is 6. The van der Waals surface area contributed by atoms with E-state index in [1.54, 1.807) is 0 Å². The van der Waals surface area contributed by atoms with Gasteiger partial charge < -0.3 is 10.5 Å². The second-order valence-corrected chi connectivity index (χ2v) is 5.56. The van der Waals surface area contributed by atoms with Crippen LogP contribution in [0.1, 0.15) is 51.4 Å². The van der Waals surface area contributed by atoms with Crippen LogP contribution in [-0.4, -0.2) is 43.3 Å². The Morgan fingerprint density at radius 1 is 1.06 bits per heavy atom. The lowest BCUT2D eigenvalue weighted by Crippen LogP contribution is -2.42. The Labute approximate surface area is 106 Å². The topological polar surface area (TPSA) is 38.5 Å². The highest BCUT2D eigenvalue weighted by atomic mass is 16.5. The summed E-state index contributed by atoms with van der Waals surface area (Å²) >= 11 is 0. The van der Waals surface area contributed by atoms with E-state index in [2.05, 4.69) is 4.90 Å². The Morgan fingerprint density at radius 2 is 1.82 bits per heavy atom. The van der Waals surface area contributed by atoms with Crippen LogP contribution in [0.2, 0.25) is 0 Å². The Hall–Kier alpha value is -0.120. The van der Waals surface area contributed by atoms with E-state index in [9.17, 15) is 0 Å². The van der Waals surface area contributed by atoms with Gasteiger partial charge in [0.05, 0.1) is 6.10 Å². The van der Waals surface area contributed by atoms with E-state index >= 15 is 0 Å². The van der Waals surface area contributed by atoms with Crippen LogP contribution in [0.25, 0.3) is 0 Å². The second kappa shape index (κ2) is 7.34. The van der Waals surface area contributed by atoms with Gasteiger partial charge in [-0.15, -0.1) is 0 Å². The summed E-state index contributed by atoms with van der Waals surface area (Å²) in [5.74, 6) is 0. The number of nitrogens with zero attached hydrogens (tertiary/aromatic N) is 1. The first kappa shape index (κ1) is 13.3. The van der Waals surface area contributed by atoms with Crippen molar-refractivity contribution in [2.75, 3.05) is 26.2 Å². The van der Waals surface area contributed by atoms with Crippen LogP contribution in [0.5, 0.6) is 0 Å². The number of ether oxygens (including phenoxy) is 1. The highest BCUT2D eigenvalue weighted by molar-refractivity contribution is 4.80. The van der Waals surface area contributed by atoms with Gasteiger partial charge in [0.1, 0.15) is 0 Å². The van der Waals surface area contributed by atoms with Crippen molar-refractivity contribution < 1.29 is 4.74 Å². The lowest BCUT2D eigenvalue weighted by molar-refractivity contribution is -0.0134. The van der Waals surface area contributed by atoms with Crippen molar-refractivity contribution in [1.82, 2.24) is 4.90 Å². The minimum absolute atomic E-state index is 0.488. The summed E-state index contributed by atoms with van der Waals surface area (Å²) in [7, 11) is 0. The molecule has 3 nitrogen and oxygen atoms in total. The van der Waals surface area contributed by atoms with Gasteiger partial charge in [0.25, 0.3) is 0 Å². The molecule has 2 rings (SSSR count). The van der Waals surface area contributed by atoms with Crippen molar-refractivity contribution >= 4 is 0 Å². The third-order valence-corrected chi connectivity index (χ3v) is 4.20. The van der Waals surface area contributed by atoms with E-state index in [1.807, 2.05) is 0 Å². The SMILES string of the molecule is NCCCN(CC1CCCCO1)C1CCCC1. The molecule has 1 atom stereocenters. The molecule has 0 aromatic heterocycles. The molecule has 1 saturated carbocycles. The van der Waals surface area contributed by atoms with Gasteiger partial charge in [-0.3, -0.25) is 4.90 Å². The molecule has 100 valence electrons. The minimum Gasteiger partial charge on any atom is -0.377 e. The van der Waals surface area contributed by atoms with Crippen LogP contribution in [0.4, 0.5) is 0 Å². The molecule has 1 saturated heterocycles. The van der Waals surface area contributed by atoms with Gasteiger partial charge in [-0.2, -0.15) is 0 Å². The summed E-state index contributed by atoms with van der Waals surface area (Å²) in [6, 6.07) is 0.812. The van der Waals surface area contributed by atoms with Crippen molar-refractivity contribution in [3.8, 4) is 0 Å². The molecule has 17 heavy (non-hydrogen) atoms. The van der Waals surface area contributed by atoms with Crippen LogP contribution in [-0.2, 0) is 4.74 Å². The maximum absolute atomic E-state index is 5.88. The van der Waals surface area contributed by atoms with E-state index in [0.717, 1.165) is 32.2 Å². The molecule has 3 heteroatoms. The molecule has 0 aromatic carbocycles. The molecule has 0 amide bonds. The van der Waals surface area contributed by atoms with Gasteiger partial charge in [-0.25, -0.2) is 0 Å². The fourth-order valence-corrected chi connectivity index (χ4v) is 3.20. The van der Waals surface area contributed by atoms with Crippen molar-refractivity contribution in [2.45, 2.75) is 63.5 Å². The third kappa shape index (κ3) is 4.23. The first-order valence-electron chi connectivity index (χ1n) is 7.46. The summed E-state index contributed by atoms with van der Waals surface area (Å²) < 4.78 is 5.88. The Kier molecular flexibility index (Phi) is 5.75. The summed E-state index contributed by atoms with van der Waals surface area (Å²) in [6.07, 6.45) is 11.1. The van der Waals surface area contributed by atoms with Crippen molar-refractivity contribution in [1.29, 1.82) is 0 Å². The maximum atomic E-state index is 5.88. The summed E-state index contributed by atoms with van der Waals surface area (Å²) in [4.78, 5) is 2.66. The number of hydrogen-bond donors (Lipinski definition) is 1. The van der Waals surface area contributed by atoms with Crippen LogP contribution < -0.4 is 5.73 Å². The first-order chi connectivity index (χ1) is 8.40. The molecule has 1 heterocycles. The molecular formula is C14H28N2O. The van der Waals surface area contributed by atoms with E-state index in [0.29, 0.717) is 6.10 Å². The molecule has 0 radical (unpaired) electrons. The molecule has 1 aliphatic heterocycles. The fourth-order valence-electron chi connectivity index (χ4n) is 3.20. The number of hydrogen-bond acceptors (Lipinski definition) is 3. The molecule has 0 aromatic rings. The molecule has 1 aliphatic carbocycles. The highest BCUT2D eigenvalue weighted by Crippen LogP contribution is 2.25. The average molecular weight is 240 g/mol. The molecular weight excluding hydrogens is 212 g/mol. The van der Waals surface area contributed by atoms with Crippen LogP contribution in [0.15, 0.2) is 0 Å². The molecule has 2 aliphatic rings. The van der Waals surface area contributed by atoms with Crippen molar-refractivity contribution in [2.24, 2.45) is 5.73 Å². The zero-order valence-corrected chi connectivity index (χ0v) is 11.1. The van der Waals surface area contributed by atoms with Crippen LogP contribution >= 0.6 is 0 Å². The van der Waals surface area contributed by atoms with Crippen molar-refractivity contribution in [3.05, 3.63) is 0 Å². The average Bonchev–Trinajstić information content (AvgIpc) is 2.89. The molecule has 1 unspecified atom stereocenters. The van der Waals surface area contributed by atoms with Crippen LogP contribution in [0, 0.1) is 0 Å². The van der Waals surface area contributed by atoms with E-state index in [4.69, 9.17) is 10.5 Å². The normalized spacial score (nSPS) is 26.8. The number of nitrogens with two attached hydrogens (primary N) is 1. The van der Waals surface area contributed by atoms with Gasteiger partial charge in [-0.1, -0.05) is 12.8 Å². The van der Waals surface area contributed by atoms with Gasteiger partial charge in [-0.05, 0) is 51.6 Å². The van der Waals surface area contributed by atoms with E-state index in [1.165, 1.54) is 51.5 Å². The minimum atomic E-state index is 0.488. The first-order valence-corrected chi connectivity index (χ1v) is 7.46. The smallest absolute Gasteiger partial charge is 0.0702 e.